The number of carboxylic acids is 2. The zero-order valence-electron chi connectivity index (χ0n) is 9.47. The second-order valence-corrected chi connectivity index (χ2v) is 3.49. The fraction of sp³-hybridized carbons (Fsp3) is 0.0833. The van der Waals surface area contributed by atoms with Crippen molar-refractivity contribution in [1.82, 2.24) is 0 Å². The van der Waals surface area contributed by atoms with Gasteiger partial charge in [0.15, 0.2) is 0 Å². The summed E-state index contributed by atoms with van der Waals surface area (Å²) >= 11 is 0. The van der Waals surface area contributed by atoms with Crippen LogP contribution in [0, 0.1) is 0 Å². The molecular formula is C12H10O6. The molecule has 94 valence electrons. The van der Waals surface area contributed by atoms with E-state index in [9.17, 15) is 14.4 Å². The first-order valence-corrected chi connectivity index (χ1v) is 4.81. The first kappa shape index (κ1) is 13.4. The van der Waals surface area contributed by atoms with Crippen LogP contribution in [0.25, 0.3) is 0 Å². The highest BCUT2D eigenvalue weighted by Gasteiger charge is 2.17. The number of ether oxygens (including phenoxy) is 1. The molecule has 0 heterocycles. The zero-order valence-corrected chi connectivity index (χ0v) is 9.47. The Kier molecular flexibility index (Phi) is 3.83. The number of carbonyl (C=O) groups is 3. The summed E-state index contributed by atoms with van der Waals surface area (Å²) in [6.07, 6.45) is 0. The number of carbonyl (C=O) groups excluding carboxylic acids is 1. The van der Waals surface area contributed by atoms with Crippen molar-refractivity contribution >= 4 is 17.9 Å². The predicted octanol–water partition coefficient (Wildman–Crippen LogP) is 1.56. The van der Waals surface area contributed by atoms with Gasteiger partial charge < -0.3 is 14.9 Å². The third kappa shape index (κ3) is 2.94. The van der Waals surface area contributed by atoms with E-state index < -0.39 is 17.9 Å². The fourth-order valence-corrected chi connectivity index (χ4v) is 1.10. The second-order valence-electron chi connectivity index (χ2n) is 3.49. The van der Waals surface area contributed by atoms with E-state index >= 15 is 0 Å². The lowest BCUT2D eigenvalue weighted by Gasteiger charge is -2.08. The van der Waals surface area contributed by atoms with E-state index in [1.165, 1.54) is 6.92 Å². The molecule has 6 heteroatoms. The van der Waals surface area contributed by atoms with Crippen LogP contribution >= 0.6 is 0 Å². The highest BCUT2D eigenvalue weighted by Crippen LogP contribution is 2.21. The van der Waals surface area contributed by atoms with Crippen molar-refractivity contribution in [3.05, 3.63) is 41.5 Å². The second kappa shape index (κ2) is 5.13. The van der Waals surface area contributed by atoms with Crippen LogP contribution in [0.5, 0.6) is 5.75 Å². The molecule has 0 aliphatic heterocycles. The first-order valence-electron chi connectivity index (χ1n) is 4.81. The molecule has 6 nitrogen and oxygen atoms in total. The Morgan fingerprint density at radius 2 is 1.78 bits per heavy atom. The summed E-state index contributed by atoms with van der Waals surface area (Å²) in [6, 6.07) is 3.16. The molecule has 0 atom stereocenters. The van der Waals surface area contributed by atoms with Crippen LogP contribution in [0.4, 0.5) is 0 Å². The van der Waals surface area contributed by atoms with Crippen molar-refractivity contribution in [2.24, 2.45) is 0 Å². The molecule has 0 bridgehead atoms. The minimum absolute atomic E-state index is 0.0760. The molecule has 0 radical (unpaired) electrons. The molecule has 0 unspecified atom stereocenters. The van der Waals surface area contributed by atoms with E-state index in [1.807, 2.05) is 0 Å². The number of esters is 1. The van der Waals surface area contributed by atoms with E-state index in [2.05, 4.69) is 6.58 Å². The van der Waals surface area contributed by atoms with Gasteiger partial charge in [0.05, 0.1) is 5.56 Å². The molecule has 0 aliphatic carbocycles. The van der Waals surface area contributed by atoms with Gasteiger partial charge in [-0.05, 0) is 25.1 Å². The predicted molar refractivity (Wildman–Crippen MR) is 60.8 cm³/mol. The number of benzene rings is 1. The quantitative estimate of drug-likeness (QED) is 0.477. The van der Waals surface area contributed by atoms with Crippen LogP contribution in [-0.4, -0.2) is 28.1 Å². The van der Waals surface area contributed by atoms with Gasteiger partial charge in [0.2, 0.25) is 0 Å². The molecule has 0 aliphatic rings. The lowest BCUT2D eigenvalue weighted by atomic mass is 10.1. The van der Waals surface area contributed by atoms with E-state index in [1.54, 1.807) is 0 Å². The van der Waals surface area contributed by atoms with E-state index in [0.717, 1.165) is 18.2 Å². The van der Waals surface area contributed by atoms with Gasteiger partial charge in [-0.2, -0.15) is 0 Å². The Labute approximate surface area is 102 Å². The summed E-state index contributed by atoms with van der Waals surface area (Å²) < 4.78 is 4.78. The number of aromatic carboxylic acids is 2. The Balaban J connectivity index is 3.23. The molecule has 0 amide bonds. The molecule has 0 spiro atoms. The third-order valence-corrected chi connectivity index (χ3v) is 2.01. The van der Waals surface area contributed by atoms with Crippen molar-refractivity contribution in [1.29, 1.82) is 0 Å². The zero-order chi connectivity index (χ0) is 13.9. The fourth-order valence-electron chi connectivity index (χ4n) is 1.10. The van der Waals surface area contributed by atoms with E-state index in [0.29, 0.717) is 0 Å². The monoisotopic (exact) mass is 250 g/mol. The normalized spacial score (nSPS) is 9.61. The molecule has 0 saturated carbocycles. The Bertz CT molecular complexity index is 543. The highest BCUT2D eigenvalue weighted by molar-refractivity contribution is 5.97. The largest absolute Gasteiger partial charge is 0.478 e. The van der Waals surface area contributed by atoms with Gasteiger partial charge in [0.1, 0.15) is 11.3 Å². The molecule has 0 saturated heterocycles. The summed E-state index contributed by atoms with van der Waals surface area (Å²) in [5, 5.41) is 17.7. The van der Waals surface area contributed by atoms with Crippen LogP contribution < -0.4 is 4.74 Å². The van der Waals surface area contributed by atoms with Crippen LogP contribution in [0.1, 0.15) is 27.6 Å². The Morgan fingerprint density at radius 1 is 1.17 bits per heavy atom. The Hall–Kier alpha value is -2.63. The van der Waals surface area contributed by atoms with Crippen LogP contribution in [-0.2, 0) is 4.79 Å². The minimum atomic E-state index is -1.32. The standard InChI is InChI=1S/C12H10O6/c1-6(2)12(17)18-9-5-7(10(13)14)3-4-8(9)11(15)16/h3-5H,1H2,2H3,(H,13,14)(H,15,16). The molecular weight excluding hydrogens is 240 g/mol. The maximum atomic E-state index is 11.3. The molecule has 18 heavy (non-hydrogen) atoms. The molecule has 0 aromatic heterocycles. The topological polar surface area (TPSA) is 101 Å². The van der Waals surface area contributed by atoms with Gasteiger partial charge in [0.25, 0.3) is 0 Å². The number of carboxylic acid groups (broad SMARTS) is 2. The third-order valence-electron chi connectivity index (χ3n) is 2.01. The number of hydrogen-bond donors (Lipinski definition) is 2. The van der Waals surface area contributed by atoms with Gasteiger partial charge >= 0.3 is 17.9 Å². The van der Waals surface area contributed by atoms with E-state index in [4.69, 9.17) is 14.9 Å². The van der Waals surface area contributed by atoms with Crippen molar-refractivity contribution in [2.75, 3.05) is 0 Å². The summed E-state index contributed by atoms with van der Waals surface area (Å²) in [5.41, 5.74) is -0.397. The number of rotatable bonds is 4. The van der Waals surface area contributed by atoms with Gasteiger partial charge in [0, 0.05) is 5.57 Å². The molecule has 0 fully saturated rings. The maximum Gasteiger partial charge on any atom is 0.339 e. The molecule has 1 aromatic rings. The molecule has 1 rings (SSSR count). The Morgan fingerprint density at radius 3 is 2.22 bits per heavy atom. The minimum Gasteiger partial charge on any atom is -0.478 e. The lowest BCUT2D eigenvalue weighted by molar-refractivity contribution is -0.130. The SMILES string of the molecule is C=C(C)C(=O)Oc1cc(C(=O)O)ccc1C(=O)O. The summed E-state index contributed by atoms with van der Waals surface area (Å²) in [5.74, 6) is -3.72. The maximum absolute atomic E-state index is 11.3. The van der Waals surface area contributed by atoms with Gasteiger partial charge in [-0.1, -0.05) is 6.58 Å². The number of hydrogen-bond acceptors (Lipinski definition) is 4. The molecule has 2 N–H and O–H groups in total. The molecule has 1 aromatic carbocycles. The van der Waals surface area contributed by atoms with Gasteiger partial charge in [-0.15, -0.1) is 0 Å². The van der Waals surface area contributed by atoms with Crippen molar-refractivity contribution in [3.8, 4) is 5.75 Å². The summed E-state index contributed by atoms with van der Waals surface area (Å²) in [6.45, 7) is 4.74. The first-order chi connectivity index (χ1) is 8.32. The van der Waals surface area contributed by atoms with Crippen LogP contribution in [0.3, 0.4) is 0 Å². The average molecular weight is 250 g/mol. The summed E-state index contributed by atoms with van der Waals surface area (Å²) in [4.78, 5) is 32.9. The lowest BCUT2D eigenvalue weighted by Crippen LogP contribution is -2.12. The average Bonchev–Trinajstić information content (AvgIpc) is 2.28. The van der Waals surface area contributed by atoms with Gasteiger partial charge in [-0.3, -0.25) is 0 Å². The van der Waals surface area contributed by atoms with Crippen LogP contribution in [0.2, 0.25) is 0 Å². The van der Waals surface area contributed by atoms with E-state index in [-0.39, 0.29) is 22.4 Å². The summed E-state index contributed by atoms with van der Waals surface area (Å²) in [7, 11) is 0. The smallest absolute Gasteiger partial charge is 0.339 e. The van der Waals surface area contributed by atoms with Gasteiger partial charge in [-0.25, -0.2) is 14.4 Å². The van der Waals surface area contributed by atoms with Crippen molar-refractivity contribution < 1.29 is 29.3 Å². The van der Waals surface area contributed by atoms with Crippen molar-refractivity contribution in [2.45, 2.75) is 6.92 Å². The van der Waals surface area contributed by atoms with Crippen molar-refractivity contribution in [3.63, 3.8) is 0 Å². The van der Waals surface area contributed by atoms with Crippen LogP contribution in [0.15, 0.2) is 30.4 Å². The highest BCUT2D eigenvalue weighted by atomic mass is 16.5.